The molecule has 0 rings (SSSR count). The lowest BCUT2D eigenvalue weighted by atomic mass is 10.7. The minimum Gasteiger partial charge on any atom is -0.565 e. The van der Waals surface area contributed by atoms with Crippen molar-refractivity contribution >= 4 is 12.1 Å². The van der Waals surface area contributed by atoms with E-state index in [4.69, 9.17) is 20.1 Å². The standard InChI is InChI=1S/C2H5NO2.CH2O3/c3-1-2(4)5;2-1(3)4/h1,3H2,(H,4,5);(H2,2,3,4)/p-1. The van der Waals surface area contributed by atoms with E-state index in [0.29, 0.717) is 0 Å². The van der Waals surface area contributed by atoms with Crippen molar-refractivity contribution < 1.29 is 24.9 Å². The SMILES string of the molecule is NCC(=O)O.O=C([O-])O. The third kappa shape index (κ3) is 302. The van der Waals surface area contributed by atoms with Crippen molar-refractivity contribution in [2.75, 3.05) is 6.54 Å². The predicted molar refractivity (Wildman–Crippen MR) is 24.7 cm³/mol. The Kier molecular flexibility index (Phi) is 7.92. The third-order valence-electron chi connectivity index (χ3n) is 0.175. The Morgan fingerprint density at radius 3 is 1.56 bits per heavy atom. The monoisotopic (exact) mass is 136 g/mol. The average molecular weight is 136 g/mol. The van der Waals surface area contributed by atoms with Crippen molar-refractivity contribution in [2.24, 2.45) is 5.73 Å². The summed E-state index contributed by atoms with van der Waals surface area (Å²) in [6.45, 7) is -0.278. The number of hydrogen-bond acceptors (Lipinski definition) is 4. The zero-order valence-corrected chi connectivity index (χ0v) is 4.40. The highest BCUT2D eigenvalue weighted by atomic mass is 16.6. The normalized spacial score (nSPS) is 6.78. The minimum atomic E-state index is -2.08. The lowest BCUT2D eigenvalue weighted by molar-refractivity contribution is -0.275. The van der Waals surface area contributed by atoms with Gasteiger partial charge in [0.1, 0.15) is 0 Å². The molecule has 0 saturated heterocycles. The van der Waals surface area contributed by atoms with Gasteiger partial charge in [-0.2, -0.15) is 0 Å². The molecule has 6 nitrogen and oxygen atoms in total. The average Bonchev–Trinajstić information content (AvgIpc) is 1.65. The molecule has 0 aliphatic rings. The molecule has 0 aromatic heterocycles. The fourth-order valence-corrected chi connectivity index (χ4v) is 0. The Balaban J connectivity index is 0. The summed E-state index contributed by atoms with van der Waals surface area (Å²) in [5.41, 5.74) is 4.57. The van der Waals surface area contributed by atoms with Gasteiger partial charge in [-0.25, -0.2) is 0 Å². The van der Waals surface area contributed by atoms with Crippen LogP contribution in [0.25, 0.3) is 0 Å². The first-order chi connectivity index (χ1) is 4.00. The fraction of sp³-hybridized carbons (Fsp3) is 0.333. The van der Waals surface area contributed by atoms with E-state index in [-0.39, 0.29) is 6.54 Å². The molecule has 54 valence electrons. The zero-order chi connectivity index (χ0) is 7.86. The number of nitrogens with two attached hydrogens (primary N) is 1. The summed E-state index contributed by atoms with van der Waals surface area (Å²) in [5.74, 6) is -0.968. The predicted octanol–water partition coefficient (Wildman–Crippen LogP) is -2.08. The van der Waals surface area contributed by atoms with Crippen molar-refractivity contribution in [2.45, 2.75) is 0 Å². The van der Waals surface area contributed by atoms with Gasteiger partial charge >= 0.3 is 5.97 Å². The molecule has 0 radical (unpaired) electrons. The van der Waals surface area contributed by atoms with Crippen molar-refractivity contribution in [3.8, 4) is 0 Å². The highest BCUT2D eigenvalue weighted by Crippen LogP contribution is 1.43. The van der Waals surface area contributed by atoms with Gasteiger partial charge in [0.15, 0.2) is 0 Å². The van der Waals surface area contributed by atoms with Crippen LogP contribution in [0.3, 0.4) is 0 Å². The van der Waals surface area contributed by atoms with Gasteiger partial charge in [0, 0.05) is 0 Å². The summed E-state index contributed by atoms with van der Waals surface area (Å²) < 4.78 is 0. The van der Waals surface area contributed by atoms with Crippen molar-refractivity contribution in [3.05, 3.63) is 0 Å². The van der Waals surface area contributed by atoms with E-state index < -0.39 is 12.1 Å². The van der Waals surface area contributed by atoms with Crippen LogP contribution in [0.4, 0.5) is 4.79 Å². The highest BCUT2D eigenvalue weighted by molar-refractivity contribution is 5.68. The van der Waals surface area contributed by atoms with Gasteiger partial charge in [0.2, 0.25) is 6.16 Å². The Bertz CT molecular complexity index is 96.4. The molecule has 0 aromatic carbocycles. The number of carbonyl (C=O) groups is 2. The molecule has 0 aliphatic carbocycles. The molecule has 0 amide bonds. The van der Waals surface area contributed by atoms with Crippen LogP contribution >= 0.6 is 0 Å². The molecule has 0 heterocycles. The molecule has 0 saturated carbocycles. The first kappa shape index (κ1) is 10.6. The Labute approximate surface area is 50.5 Å². The van der Waals surface area contributed by atoms with E-state index in [9.17, 15) is 4.79 Å². The lowest BCUT2D eigenvalue weighted by Gasteiger charge is -1.74. The van der Waals surface area contributed by atoms with E-state index >= 15 is 0 Å². The van der Waals surface area contributed by atoms with Crippen LogP contribution in [0.2, 0.25) is 0 Å². The molecular weight excluding hydrogens is 130 g/mol. The number of rotatable bonds is 1. The van der Waals surface area contributed by atoms with Gasteiger partial charge in [0.05, 0.1) is 6.54 Å². The summed E-state index contributed by atoms with van der Waals surface area (Å²) in [6.07, 6.45) is -2.08. The number of aliphatic carboxylic acids is 1. The summed E-state index contributed by atoms with van der Waals surface area (Å²) in [6, 6.07) is 0. The highest BCUT2D eigenvalue weighted by Gasteiger charge is 1.81. The van der Waals surface area contributed by atoms with Crippen molar-refractivity contribution in [1.29, 1.82) is 0 Å². The van der Waals surface area contributed by atoms with Crippen LogP contribution in [0, 0.1) is 0 Å². The number of carboxylic acid groups (broad SMARTS) is 3. The van der Waals surface area contributed by atoms with Crippen LogP contribution in [0.15, 0.2) is 0 Å². The molecule has 0 aromatic rings. The van der Waals surface area contributed by atoms with E-state index in [1.807, 2.05) is 0 Å². The second kappa shape index (κ2) is 6.70. The summed E-state index contributed by atoms with van der Waals surface area (Å²) in [5, 5.41) is 22.9. The zero-order valence-electron chi connectivity index (χ0n) is 4.40. The van der Waals surface area contributed by atoms with Crippen LogP contribution in [-0.4, -0.2) is 28.9 Å². The smallest absolute Gasteiger partial charge is 0.317 e. The van der Waals surface area contributed by atoms with E-state index in [1.54, 1.807) is 0 Å². The van der Waals surface area contributed by atoms with Gasteiger partial charge in [-0.1, -0.05) is 0 Å². The molecule has 0 spiro atoms. The second-order valence-corrected chi connectivity index (χ2v) is 0.864. The maximum atomic E-state index is 9.24. The summed E-state index contributed by atoms with van der Waals surface area (Å²) in [7, 11) is 0. The molecular formula is C3H6NO5-. The fourth-order valence-electron chi connectivity index (χ4n) is 0. The Hall–Kier alpha value is -1.30. The van der Waals surface area contributed by atoms with E-state index in [2.05, 4.69) is 5.73 Å². The van der Waals surface area contributed by atoms with E-state index in [0.717, 1.165) is 0 Å². The molecule has 6 heteroatoms. The second-order valence-electron chi connectivity index (χ2n) is 0.864. The van der Waals surface area contributed by atoms with E-state index in [1.165, 1.54) is 0 Å². The maximum Gasteiger partial charge on any atom is 0.317 e. The first-order valence-corrected chi connectivity index (χ1v) is 1.82. The molecule has 0 fully saturated rings. The van der Waals surface area contributed by atoms with Gasteiger partial charge in [-0.3, -0.25) is 4.79 Å². The summed E-state index contributed by atoms with van der Waals surface area (Å²) in [4.78, 5) is 17.7. The van der Waals surface area contributed by atoms with Crippen molar-refractivity contribution in [3.63, 3.8) is 0 Å². The lowest BCUT2D eigenvalue weighted by Crippen LogP contribution is -2.17. The quantitative estimate of drug-likeness (QED) is 0.380. The van der Waals surface area contributed by atoms with Crippen LogP contribution in [0.1, 0.15) is 0 Å². The first-order valence-electron chi connectivity index (χ1n) is 1.82. The molecule has 0 atom stereocenters. The Morgan fingerprint density at radius 1 is 1.44 bits per heavy atom. The van der Waals surface area contributed by atoms with Crippen molar-refractivity contribution in [1.82, 2.24) is 0 Å². The van der Waals surface area contributed by atoms with Crippen LogP contribution < -0.4 is 10.8 Å². The maximum absolute atomic E-state index is 9.24. The molecule has 0 unspecified atom stereocenters. The largest absolute Gasteiger partial charge is 0.565 e. The summed E-state index contributed by atoms with van der Waals surface area (Å²) >= 11 is 0. The molecule has 0 aliphatic heterocycles. The van der Waals surface area contributed by atoms with Crippen LogP contribution in [-0.2, 0) is 4.79 Å². The molecule has 9 heavy (non-hydrogen) atoms. The third-order valence-corrected chi connectivity index (χ3v) is 0.175. The number of hydrogen-bond donors (Lipinski definition) is 3. The van der Waals surface area contributed by atoms with Gasteiger partial charge < -0.3 is 25.8 Å². The van der Waals surface area contributed by atoms with Gasteiger partial charge in [-0.05, 0) is 0 Å². The van der Waals surface area contributed by atoms with Gasteiger partial charge in [0.25, 0.3) is 0 Å². The minimum absolute atomic E-state index is 0.278. The van der Waals surface area contributed by atoms with Gasteiger partial charge in [-0.15, -0.1) is 0 Å². The molecule has 0 bridgehead atoms. The van der Waals surface area contributed by atoms with Crippen LogP contribution in [0.5, 0.6) is 0 Å². The number of carboxylic acids is 1. The molecule has 4 N–H and O–H groups in total. The topological polar surface area (TPSA) is 124 Å². The Morgan fingerprint density at radius 2 is 1.56 bits per heavy atom.